The van der Waals surface area contributed by atoms with E-state index < -0.39 is 49.5 Å². The summed E-state index contributed by atoms with van der Waals surface area (Å²) in [5.74, 6) is -0.183. The maximum atomic E-state index is 13.1. The van der Waals surface area contributed by atoms with Crippen LogP contribution in [0.2, 0.25) is 0 Å². The van der Waals surface area contributed by atoms with E-state index >= 15 is 0 Å². The van der Waals surface area contributed by atoms with Gasteiger partial charge in [-0.15, -0.1) is 0 Å². The number of amides is 1. The Morgan fingerprint density at radius 2 is 0.756 bits per heavy atom. The summed E-state index contributed by atoms with van der Waals surface area (Å²) in [6.45, 7) is 3.69. The molecule has 1 rings (SSSR count). The van der Waals surface area contributed by atoms with Crippen LogP contribution >= 0.6 is 0 Å². The van der Waals surface area contributed by atoms with Crippen LogP contribution < -0.4 is 5.32 Å². The van der Waals surface area contributed by atoms with E-state index in [2.05, 4.69) is 116 Å². The van der Waals surface area contributed by atoms with Crippen molar-refractivity contribution < 1.29 is 39.8 Å². The highest BCUT2D eigenvalue weighted by Gasteiger charge is 2.44. The third-order valence-corrected chi connectivity index (χ3v) is 15.6. The lowest BCUT2D eigenvalue weighted by Crippen LogP contribution is -2.60. The Labute approximate surface area is 504 Å². The van der Waals surface area contributed by atoms with Gasteiger partial charge in [-0.25, -0.2) is 0 Å². The van der Waals surface area contributed by atoms with Gasteiger partial charge in [-0.05, 0) is 83.5 Å². The minimum atomic E-state index is -1.57. The second-order valence-corrected chi connectivity index (χ2v) is 23.2. The van der Waals surface area contributed by atoms with E-state index in [9.17, 15) is 30.3 Å². The molecule has 0 aromatic rings. The smallest absolute Gasteiger partial charge is 0.220 e. The molecular formula is C73H127NO8. The predicted octanol–water partition coefficient (Wildman–Crippen LogP) is 18.5. The Morgan fingerprint density at radius 3 is 1.12 bits per heavy atom. The molecule has 9 nitrogen and oxygen atoms in total. The molecule has 0 aromatic heterocycles. The number of carbonyl (C=O) groups excluding carboxylic acids is 1. The molecule has 1 fully saturated rings. The molecule has 7 atom stereocenters. The van der Waals surface area contributed by atoms with Crippen molar-refractivity contribution in [2.45, 2.75) is 333 Å². The maximum Gasteiger partial charge on any atom is 0.220 e. The number of carbonyl (C=O) groups is 1. The molecule has 0 saturated carbocycles. The van der Waals surface area contributed by atoms with Crippen LogP contribution in [0.5, 0.6) is 0 Å². The Kier molecular flexibility index (Phi) is 57.1. The Bertz CT molecular complexity index is 1660. The van der Waals surface area contributed by atoms with Gasteiger partial charge in [-0.1, -0.05) is 309 Å². The topological polar surface area (TPSA) is 149 Å². The number of hydrogen-bond acceptors (Lipinski definition) is 8. The van der Waals surface area contributed by atoms with Crippen LogP contribution in [0, 0.1) is 0 Å². The van der Waals surface area contributed by atoms with Crippen molar-refractivity contribution in [2.75, 3.05) is 13.2 Å². The summed E-state index contributed by atoms with van der Waals surface area (Å²) >= 11 is 0. The summed E-state index contributed by atoms with van der Waals surface area (Å²) in [5, 5.41) is 54.7. The molecule has 0 spiro atoms. The van der Waals surface area contributed by atoms with E-state index in [1.165, 1.54) is 167 Å². The minimum absolute atomic E-state index is 0.183. The summed E-state index contributed by atoms with van der Waals surface area (Å²) in [5.41, 5.74) is 0. The van der Waals surface area contributed by atoms with Crippen LogP contribution in [0.3, 0.4) is 0 Å². The van der Waals surface area contributed by atoms with Crippen LogP contribution in [-0.4, -0.2) is 87.5 Å². The first-order valence-corrected chi connectivity index (χ1v) is 34.1. The molecule has 1 saturated heterocycles. The van der Waals surface area contributed by atoms with Crippen LogP contribution in [0.1, 0.15) is 290 Å². The number of rotatable bonds is 58. The van der Waals surface area contributed by atoms with Crippen LogP contribution in [-0.2, 0) is 14.3 Å². The lowest BCUT2D eigenvalue weighted by molar-refractivity contribution is -0.302. The molecular weight excluding hydrogens is 1020 g/mol. The van der Waals surface area contributed by atoms with Gasteiger partial charge >= 0.3 is 0 Å². The van der Waals surface area contributed by atoms with Crippen molar-refractivity contribution in [3.8, 4) is 0 Å². The quantitative estimate of drug-likeness (QED) is 0.0261. The van der Waals surface area contributed by atoms with Crippen molar-refractivity contribution in [1.82, 2.24) is 5.32 Å². The highest BCUT2D eigenvalue weighted by atomic mass is 16.7. The standard InChI is InChI=1S/C73H127NO8/c1-3-5-7-9-11-13-15-17-19-21-23-25-27-29-30-31-32-33-34-35-36-37-38-39-41-43-45-47-49-51-53-55-57-59-61-63-69(77)74-66(65-81-73-72(80)71(79)70(78)68(64-75)82-73)67(76)62-60-58-56-54-52-50-48-46-44-42-40-28-26-24-22-20-18-16-14-12-10-8-6-4-2/h5,7,11,13,17,19,23,25,29-30,32-33,35-36,38-39,60,62,66-68,70-73,75-76,78-80H,3-4,6,8-10,12,14-16,18,20-22,24,26-28,31,34,37,40-59,61,63-65H2,1-2H3,(H,74,77)/b7-5-,13-11-,19-17-,25-23-,30-29-,33-32-,36-35-,39-38-,62-60+. The van der Waals surface area contributed by atoms with Crippen molar-refractivity contribution in [2.24, 2.45) is 0 Å². The summed E-state index contributed by atoms with van der Waals surface area (Å²) in [6, 6.07) is -0.816. The molecule has 6 N–H and O–H groups in total. The number of aliphatic hydroxyl groups excluding tert-OH is 5. The van der Waals surface area contributed by atoms with E-state index in [1.807, 2.05) is 6.08 Å². The number of hydrogen-bond donors (Lipinski definition) is 6. The van der Waals surface area contributed by atoms with Crippen molar-refractivity contribution in [1.29, 1.82) is 0 Å². The van der Waals surface area contributed by atoms with Gasteiger partial charge in [0.05, 0.1) is 25.4 Å². The maximum absolute atomic E-state index is 13.1. The molecule has 1 aliphatic rings. The fourth-order valence-corrected chi connectivity index (χ4v) is 10.3. The molecule has 0 aliphatic carbocycles. The first-order chi connectivity index (χ1) is 40.3. The zero-order chi connectivity index (χ0) is 59.3. The van der Waals surface area contributed by atoms with Gasteiger partial charge in [0.1, 0.15) is 24.4 Å². The van der Waals surface area contributed by atoms with Crippen LogP contribution in [0.15, 0.2) is 109 Å². The van der Waals surface area contributed by atoms with Gasteiger partial charge in [-0.2, -0.15) is 0 Å². The van der Waals surface area contributed by atoms with Gasteiger partial charge in [0, 0.05) is 6.42 Å². The number of nitrogens with one attached hydrogen (secondary N) is 1. The van der Waals surface area contributed by atoms with Crippen LogP contribution in [0.25, 0.3) is 0 Å². The molecule has 472 valence electrons. The van der Waals surface area contributed by atoms with Crippen molar-refractivity contribution >= 4 is 5.91 Å². The number of aliphatic hydroxyl groups is 5. The van der Waals surface area contributed by atoms with Gasteiger partial charge in [0.2, 0.25) is 5.91 Å². The van der Waals surface area contributed by atoms with E-state index in [0.717, 1.165) is 103 Å². The Balaban J connectivity index is 2.17. The molecule has 82 heavy (non-hydrogen) atoms. The highest BCUT2D eigenvalue weighted by Crippen LogP contribution is 2.23. The number of unbranched alkanes of at least 4 members (excludes halogenated alkanes) is 32. The first kappa shape index (κ1) is 76.9. The summed E-state index contributed by atoms with van der Waals surface area (Å²) < 4.78 is 11.3. The summed E-state index contributed by atoms with van der Waals surface area (Å²) in [6.07, 6.45) is 83.1. The molecule has 9 heteroatoms. The lowest BCUT2D eigenvalue weighted by Gasteiger charge is -2.40. The fraction of sp³-hybridized carbons (Fsp3) is 0.740. The van der Waals surface area contributed by atoms with E-state index in [-0.39, 0.29) is 12.5 Å². The van der Waals surface area contributed by atoms with Gasteiger partial charge in [0.25, 0.3) is 0 Å². The Morgan fingerprint density at radius 1 is 0.427 bits per heavy atom. The van der Waals surface area contributed by atoms with E-state index in [0.29, 0.717) is 6.42 Å². The van der Waals surface area contributed by atoms with Crippen molar-refractivity contribution in [3.63, 3.8) is 0 Å². The SMILES string of the molecule is CC/C=C\C/C=C\C/C=C\C/C=C\C/C=C\C/C=C\C/C=C\C/C=C\CCCCCCCCCCCCC(=O)NC(COC1OC(CO)C(O)C(O)C1O)C(O)/C=C/CCCCCCCCCCCCCCCCCCCCCCCC. The molecule has 0 aromatic carbocycles. The fourth-order valence-electron chi connectivity index (χ4n) is 10.3. The minimum Gasteiger partial charge on any atom is -0.394 e. The summed E-state index contributed by atoms with van der Waals surface area (Å²) in [4.78, 5) is 13.1. The van der Waals surface area contributed by atoms with Gasteiger partial charge in [-0.3, -0.25) is 4.79 Å². The average molecular weight is 1150 g/mol. The van der Waals surface area contributed by atoms with Gasteiger partial charge in [0.15, 0.2) is 6.29 Å². The van der Waals surface area contributed by atoms with E-state index in [4.69, 9.17) is 9.47 Å². The highest BCUT2D eigenvalue weighted by molar-refractivity contribution is 5.76. The Hall–Kier alpha value is -3.15. The lowest BCUT2D eigenvalue weighted by atomic mass is 9.99. The third kappa shape index (κ3) is 49.1. The zero-order valence-electron chi connectivity index (χ0n) is 52.7. The molecule has 1 aliphatic heterocycles. The normalized spacial score (nSPS) is 19.0. The molecule has 1 amide bonds. The first-order valence-electron chi connectivity index (χ1n) is 34.1. The van der Waals surface area contributed by atoms with Gasteiger partial charge < -0.3 is 40.3 Å². The monoisotopic (exact) mass is 1150 g/mol. The van der Waals surface area contributed by atoms with Crippen LogP contribution in [0.4, 0.5) is 0 Å². The molecule has 0 bridgehead atoms. The second kappa shape index (κ2) is 61.0. The number of ether oxygens (including phenoxy) is 2. The summed E-state index contributed by atoms with van der Waals surface area (Å²) in [7, 11) is 0. The predicted molar refractivity (Wildman–Crippen MR) is 350 cm³/mol. The second-order valence-electron chi connectivity index (χ2n) is 23.2. The average Bonchev–Trinajstić information content (AvgIpc) is 3.52. The molecule has 1 heterocycles. The molecule has 0 radical (unpaired) electrons. The largest absolute Gasteiger partial charge is 0.394 e. The number of allylic oxidation sites excluding steroid dienone is 17. The third-order valence-electron chi connectivity index (χ3n) is 15.6. The molecule has 7 unspecified atom stereocenters. The van der Waals surface area contributed by atoms with Crippen molar-refractivity contribution in [3.05, 3.63) is 109 Å². The van der Waals surface area contributed by atoms with E-state index in [1.54, 1.807) is 6.08 Å². The zero-order valence-corrected chi connectivity index (χ0v) is 52.7.